The molecule has 118 valence electrons. The van der Waals surface area contributed by atoms with Crippen LogP contribution in [0.15, 0.2) is 18.2 Å². The van der Waals surface area contributed by atoms with Crippen LogP contribution in [0.25, 0.3) is 0 Å². The van der Waals surface area contributed by atoms with Crippen LogP contribution in [0.5, 0.6) is 5.75 Å². The quantitative estimate of drug-likeness (QED) is 0.918. The second kappa shape index (κ2) is 6.79. The number of halogens is 1. The fourth-order valence-corrected chi connectivity index (χ4v) is 2.46. The van der Waals surface area contributed by atoms with Crippen molar-refractivity contribution in [3.63, 3.8) is 0 Å². The predicted molar refractivity (Wildman–Crippen MR) is 85.5 cm³/mol. The highest BCUT2D eigenvalue weighted by Crippen LogP contribution is 2.28. The molecule has 1 N–H and O–H groups in total. The summed E-state index contributed by atoms with van der Waals surface area (Å²) >= 11 is 5.95. The van der Waals surface area contributed by atoms with Gasteiger partial charge in [0.25, 0.3) is 0 Å². The number of rotatable bonds is 5. The maximum absolute atomic E-state index is 12.2. The fraction of sp³-hybridized carbons (Fsp3) is 0.400. The van der Waals surface area contributed by atoms with Crippen LogP contribution in [0.4, 0.5) is 5.69 Å². The zero-order valence-electron chi connectivity index (χ0n) is 13.1. The topological polar surface area (TPSA) is 69.0 Å². The van der Waals surface area contributed by atoms with E-state index in [0.717, 1.165) is 5.82 Å². The number of nitrogens with zero attached hydrogens (tertiary/aromatic N) is 3. The van der Waals surface area contributed by atoms with Crippen molar-refractivity contribution < 1.29 is 9.53 Å². The SMILES string of the molecule is COc1ccc(Cl)cc1NC(=O)CC(C)n1nc(C)nc1C. The van der Waals surface area contributed by atoms with Crippen LogP contribution in [0.1, 0.15) is 31.0 Å². The van der Waals surface area contributed by atoms with E-state index in [4.69, 9.17) is 16.3 Å². The van der Waals surface area contributed by atoms with Crippen molar-refractivity contribution in [2.24, 2.45) is 0 Å². The summed E-state index contributed by atoms with van der Waals surface area (Å²) in [6.45, 7) is 5.62. The van der Waals surface area contributed by atoms with E-state index in [0.29, 0.717) is 22.3 Å². The summed E-state index contributed by atoms with van der Waals surface area (Å²) in [5.74, 6) is 1.92. The van der Waals surface area contributed by atoms with Crippen molar-refractivity contribution in [3.05, 3.63) is 34.9 Å². The van der Waals surface area contributed by atoms with E-state index >= 15 is 0 Å². The van der Waals surface area contributed by atoms with Crippen molar-refractivity contribution in [2.75, 3.05) is 12.4 Å². The number of methoxy groups -OCH3 is 1. The highest BCUT2D eigenvalue weighted by molar-refractivity contribution is 6.31. The Balaban J connectivity index is 2.07. The lowest BCUT2D eigenvalue weighted by atomic mass is 10.2. The van der Waals surface area contributed by atoms with Gasteiger partial charge in [0.1, 0.15) is 17.4 Å². The second-order valence-corrected chi connectivity index (χ2v) is 5.53. The maximum Gasteiger partial charge on any atom is 0.226 e. The van der Waals surface area contributed by atoms with Crippen molar-refractivity contribution in [2.45, 2.75) is 33.2 Å². The number of carbonyl (C=O) groups is 1. The molecular weight excluding hydrogens is 304 g/mol. The van der Waals surface area contributed by atoms with Gasteiger partial charge < -0.3 is 10.1 Å². The molecule has 1 heterocycles. The number of hydrogen-bond acceptors (Lipinski definition) is 4. The lowest BCUT2D eigenvalue weighted by Crippen LogP contribution is -2.19. The molecule has 0 fully saturated rings. The molecule has 0 saturated heterocycles. The summed E-state index contributed by atoms with van der Waals surface area (Å²) in [6.07, 6.45) is 0.277. The molecule has 0 spiro atoms. The van der Waals surface area contributed by atoms with Gasteiger partial charge in [-0.05, 0) is 39.0 Å². The van der Waals surface area contributed by atoms with Crippen LogP contribution < -0.4 is 10.1 Å². The molecule has 0 aliphatic carbocycles. The smallest absolute Gasteiger partial charge is 0.226 e. The van der Waals surface area contributed by atoms with E-state index in [1.807, 2.05) is 20.8 Å². The molecule has 2 aromatic rings. The molecule has 22 heavy (non-hydrogen) atoms. The molecule has 7 heteroatoms. The van der Waals surface area contributed by atoms with Crippen molar-refractivity contribution in [1.29, 1.82) is 0 Å². The molecule has 1 aromatic carbocycles. The second-order valence-electron chi connectivity index (χ2n) is 5.10. The Labute approximate surface area is 134 Å². The summed E-state index contributed by atoms with van der Waals surface area (Å²) < 4.78 is 6.97. The molecule has 0 radical (unpaired) electrons. The summed E-state index contributed by atoms with van der Waals surface area (Å²) in [7, 11) is 1.54. The first-order chi connectivity index (χ1) is 10.4. The first-order valence-corrected chi connectivity index (χ1v) is 7.31. The van der Waals surface area contributed by atoms with Gasteiger partial charge in [-0.1, -0.05) is 11.6 Å². The molecule has 1 atom stereocenters. The van der Waals surface area contributed by atoms with E-state index in [2.05, 4.69) is 15.4 Å². The van der Waals surface area contributed by atoms with Gasteiger partial charge in [0.2, 0.25) is 5.91 Å². The number of aryl methyl sites for hydroxylation is 2. The average Bonchev–Trinajstić information content (AvgIpc) is 2.78. The lowest BCUT2D eigenvalue weighted by molar-refractivity contribution is -0.116. The normalized spacial score (nSPS) is 12.0. The molecule has 0 aliphatic rings. The van der Waals surface area contributed by atoms with Gasteiger partial charge in [-0.25, -0.2) is 9.67 Å². The van der Waals surface area contributed by atoms with Gasteiger partial charge >= 0.3 is 0 Å². The van der Waals surface area contributed by atoms with E-state index in [1.54, 1.807) is 30.0 Å². The molecule has 1 unspecified atom stereocenters. The predicted octanol–water partition coefficient (Wildman–Crippen LogP) is 3.15. The zero-order valence-corrected chi connectivity index (χ0v) is 13.8. The largest absolute Gasteiger partial charge is 0.495 e. The fourth-order valence-electron chi connectivity index (χ4n) is 2.29. The third kappa shape index (κ3) is 3.76. The molecule has 6 nitrogen and oxygen atoms in total. The molecule has 0 saturated carbocycles. The van der Waals surface area contributed by atoms with Crippen LogP contribution in [0.3, 0.4) is 0 Å². The number of carbonyl (C=O) groups excluding carboxylic acids is 1. The molecular formula is C15H19ClN4O2. The Morgan fingerprint density at radius 2 is 2.18 bits per heavy atom. The summed E-state index contributed by atoms with van der Waals surface area (Å²) in [5.41, 5.74) is 0.554. The van der Waals surface area contributed by atoms with Gasteiger partial charge in [-0.3, -0.25) is 4.79 Å². The highest BCUT2D eigenvalue weighted by atomic mass is 35.5. The van der Waals surface area contributed by atoms with Crippen LogP contribution >= 0.6 is 11.6 Å². The van der Waals surface area contributed by atoms with Gasteiger partial charge in [-0.2, -0.15) is 5.10 Å². The highest BCUT2D eigenvalue weighted by Gasteiger charge is 2.16. The third-order valence-corrected chi connectivity index (χ3v) is 3.48. The van der Waals surface area contributed by atoms with Crippen molar-refractivity contribution in [1.82, 2.24) is 14.8 Å². The van der Waals surface area contributed by atoms with Crippen LogP contribution in [-0.2, 0) is 4.79 Å². The molecule has 0 bridgehead atoms. The standard InChI is InChI=1S/C15H19ClN4O2/c1-9(20-11(3)17-10(2)19-20)7-15(21)18-13-8-12(16)5-6-14(13)22-4/h5-6,8-9H,7H2,1-4H3,(H,18,21). The van der Waals surface area contributed by atoms with E-state index in [1.165, 1.54) is 0 Å². The Morgan fingerprint density at radius 1 is 1.45 bits per heavy atom. The maximum atomic E-state index is 12.2. The van der Waals surface area contributed by atoms with Gasteiger partial charge in [0.05, 0.1) is 18.8 Å². The van der Waals surface area contributed by atoms with E-state index in [-0.39, 0.29) is 18.4 Å². The van der Waals surface area contributed by atoms with Crippen LogP contribution in [0.2, 0.25) is 5.02 Å². The summed E-state index contributed by atoms with van der Waals surface area (Å²) in [6, 6.07) is 4.99. The summed E-state index contributed by atoms with van der Waals surface area (Å²) in [4.78, 5) is 16.5. The molecule has 1 amide bonds. The van der Waals surface area contributed by atoms with Gasteiger partial charge in [-0.15, -0.1) is 0 Å². The Morgan fingerprint density at radius 3 is 2.77 bits per heavy atom. The Bertz CT molecular complexity index is 684. The third-order valence-electron chi connectivity index (χ3n) is 3.24. The molecule has 2 rings (SSSR count). The Hall–Kier alpha value is -2.08. The molecule has 1 aromatic heterocycles. The first-order valence-electron chi connectivity index (χ1n) is 6.94. The number of amides is 1. The van der Waals surface area contributed by atoms with Crippen molar-refractivity contribution >= 4 is 23.2 Å². The van der Waals surface area contributed by atoms with Gasteiger partial charge in [0, 0.05) is 11.4 Å². The van der Waals surface area contributed by atoms with E-state index < -0.39 is 0 Å². The first kappa shape index (κ1) is 16.3. The van der Waals surface area contributed by atoms with Crippen LogP contribution in [-0.4, -0.2) is 27.8 Å². The zero-order chi connectivity index (χ0) is 16.3. The number of benzene rings is 1. The average molecular weight is 323 g/mol. The number of anilines is 1. The summed E-state index contributed by atoms with van der Waals surface area (Å²) in [5, 5.41) is 7.65. The number of ether oxygens (including phenoxy) is 1. The van der Waals surface area contributed by atoms with E-state index in [9.17, 15) is 4.79 Å². The minimum atomic E-state index is -0.138. The minimum absolute atomic E-state index is 0.0913. The minimum Gasteiger partial charge on any atom is -0.495 e. The number of nitrogens with one attached hydrogen (secondary N) is 1. The number of aromatic nitrogens is 3. The van der Waals surface area contributed by atoms with Gasteiger partial charge in [0.15, 0.2) is 0 Å². The molecule has 0 aliphatic heterocycles. The van der Waals surface area contributed by atoms with Crippen LogP contribution in [0, 0.1) is 13.8 Å². The van der Waals surface area contributed by atoms with Crippen molar-refractivity contribution in [3.8, 4) is 5.75 Å². The Kier molecular flexibility index (Phi) is 5.03. The number of hydrogen-bond donors (Lipinski definition) is 1. The lowest BCUT2D eigenvalue weighted by Gasteiger charge is -2.14. The monoisotopic (exact) mass is 322 g/mol.